The van der Waals surface area contributed by atoms with Crippen LogP contribution in [0, 0.1) is 0 Å². The summed E-state index contributed by atoms with van der Waals surface area (Å²) >= 11 is 12.2. The highest BCUT2D eigenvalue weighted by Gasteiger charge is 2.07. The molecule has 0 saturated carbocycles. The van der Waals surface area contributed by atoms with Gasteiger partial charge in [-0.3, -0.25) is 0 Å². The molecule has 2 rings (SSSR count). The minimum atomic E-state index is 0.542. The van der Waals surface area contributed by atoms with Crippen LogP contribution >= 0.6 is 35.6 Å². The third-order valence-corrected chi connectivity index (χ3v) is 4.34. The lowest BCUT2D eigenvalue weighted by molar-refractivity contribution is 1.19. The van der Waals surface area contributed by atoms with Crippen molar-refractivity contribution < 1.29 is 0 Å². The molecular formula is C11H11ClS2. The first-order valence-corrected chi connectivity index (χ1v) is 6.35. The number of alkyl halides is 1. The van der Waals surface area contributed by atoms with Gasteiger partial charge in [-0.25, -0.2) is 0 Å². The van der Waals surface area contributed by atoms with E-state index in [1.54, 1.807) is 0 Å². The minimum Gasteiger partial charge on any atom is -0.143 e. The number of halogens is 1. The standard InChI is InChI=1S/C11H11ClS2/c1-2-8-5-7-3-4-10(13)9(6-12)11(7)14-8/h3-5,13H,2,6H2,1H3. The Morgan fingerprint density at radius 2 is 2.21 bits per heavy atom. The van der Waals surface area contributed by atoms with E-state index in [0.717, 1.165) is 16.9 Å². The van der Waals surface area contributed by atoms with Crippen molar-refractivity contribution in [1.29, 1.82) is 0 Å². The molecule has 14 heavy (non-hydrogen) atoms. The van der Waals surface area contributed by atoms with Crippen LogP contribution < -0.4 is 0 Å². The van der Waals surface area contributed by atoms with Crippen LogP contribution in [-0.4, -0.2) is 0 Å². The molecule has 0 fully saturated rings. The van der Waals surface area contributed by atoms with Gasteiger partial charge in [-0.05, 0) is 29.5 Å². The SMILES string of the molecule is CCc1cc2ccc(S)c(CCl)c2s1. The molecule has 3 heteroatoms. The summed E-state index contributed by atoms with van der Waals surface area (Å²) in [5.74, 6) is 0.542. The number of thiol groups is 1. The van der Waals surface area contributed by atoms with Gasteiger partial charge in [0.1, 0.15) is 0 Å². The van der Waals surface area contributed by atoms with Crippen molar-refractivity contribution in [2.24, 2.45) is 0 Å². The van der Waals surface area contributed by atoms with E-state index in [9.17, 15) is 0 Å². The van der Waals surface area contributed by atoms with Crippen LogP contribution in [-0.2, 0) is 12.3 Å². The smallest absolute Gasteiger partial charge is 0.0499 e. The zero-order chi connectivity index (χ0) is 10.1. The number of fused-ring (bicyclic) bond motifs is 1. The highest BCUT2D eigenvalue weighted by atomic mass is 35.5. The van der Waals surface area contributed by atoms with E-state index in [0.29, 0.717) is 5.88 Å². The number of benzene rings is 1. The molecule has 74 valence electrons. The molecule has 0 N–H and O–H groups in total. The van der Waals surface area contributed by atoms with Crippen LogP contribution in [0.15, 0.2) is 23.1 Å². The fourth-order valence-corrected chi connectivity index (χ4v) is 3.44. The van der Waals surface area contributed by atoms with Gasteiger partial charge in [0.25, 0.3) is 0 Å². The molecule has 0 radical (unpaired) electrons. The molecule has 1 aromatic carbocycles. The Labute approximate surface area is 98.3 Å². The van der Waals surface area contributed by atoms with Gasteiger partial charge in [0.05, 0.1) is 0 Å². The van der Waals surface area contributed by atoms with Crippen LogP contribution in [0.5, 0.6) is 0 Å². The van der Waals surface area contributed by atoms with Crippen molar-refractivity contribution in [1.82, 2.24) is 0 Å². The topological polar surface area (TPSA) is 0 Å². The molecule has 0 unspecified atom stereocenters. The van der Waals surface area contributed by atoms with Crippen LogP contribution in [0.2, 0.25) is 0 Å². The fourth-order valence-electron chi connectivity index (χ4n) is 1.51. The molecule has 0 aliphatic carbocycles. The van der Waals surface area contributed by atoms with Gasteiger partial charge in [-0.1, -0.05) is 13.0 Å². The lowest BCUT2D eigenvalue weighted by Crippen LogP contribution is -1.80. The Morgan fingerprint density at radius 1 is 1.43 bits per heavy atom. The minimum absolute atomic E-state index is 0.542. The number of aryl methyl sites for hydroxylation is 1. The summed E-state index contributed by atoms with van der Waals surface area (Å²) in [7, 11) is 0. The van der Waals surface area contributed by atoms with E-state index >= 15 is 0 Å². The molecule has 0 aliphatic heterocycles. The van der Waals surface area contributed by atoms with Gasteiger partial charge in [-0.2, -0.15) is 0 Å². The number of hydrogen-bond donors (Lipinski definition) is 1. The fraction of sp³-hybridized carbons (Fsp3) is 0.273. The molecule has 0 nitrogen and oxygen atoms in total. The Balaban J connectivity index is 2.73. The number of hydrogen-bond acceptors (Lipinski definition) is 2. The van der Waals surface area contributed by atoms with Gasteiger partial charge in [0.2, 0.25) is 0 Å². The van der Waals surface area contributed by atoms with Crippen molar-refractivity contribution >= 4 is 45.7 Å². The van der Waals surface area contributed by atoms with E-state index in [1.165, 1.54) is 15.0 Å². The molecule has 0 spiro atoms. The third-order valence-electron chi connectivity index (χ3n) is 2.30. The van der Waals surface area contributed by atoms with Crippen LogP contribution in [0.1, 0.15) is 17.4 Å². The quantitative estimate of drug-likeness (QED) is 0.582. The molecule has 0 bridgehead atoms. The number of thiophene rings is 1. The molecule has 0 aliphatic rings. The zero-order valence-electron chi connectivity index (χ0n) is 7.88. The van der Waals surface area contributed by atoms with Gasteiger partial charge >= 0.3 is 0 Å². The molecular weight excluding hydrogens is 232 g/mol. The molecule has 0 atom stereocenters. The molecule has 0 saturated heterocycles. The van der Waals surface area contributed by atoms with Crippen molar-refractivity contribution in [3.8, 4) is 0 Å². The molecule has 0 amide bonds. The van der Waals surface area contributed by atoms with Gasteiger partial charge in [0, 0.05) is 20.4 Å². The van der Waals surface area contributed by atoms with E-state index in [2.05, 4.69) is 31.7 Å². The summed E-state index contributed by atoms with van der Waals surface area (Å²) in [5.41, 5.74) is 1.16. The molecule has 2 aromatic rings. The van der Waals surface area contributed by atoms with E-state index in [-0.39, 0.29) is 0 Å². The largest absolute Gasteiger partial charge is 0.143 e. The van der Waals surface area contributed by atoms with Crippen molar-refractivity contribution in [2.45, 2.75) is 24.1 Å². The zero-order valence-corrected chi connectivity index (χ0v) is 10.3. The predicted molar refractivity (Wildman–Crippen MR) is 68.0 cm³/mol. The second kappa shape index (κ2) is 4.13. The third kappa shape index (κ3) is 1.67. The summed E-state index contributed by atoms with van der Waals surface area (Å²) in [5, 5.41) is 1.29. The van der Waals surface area contributed by atoms with Crippen LogP contribution in [0.4, 0.5) is 0 Å². The molecule has 1 heterocycles. The normalized spacial score (nSPS) is 11.1. The maximum absolute atomic E-state index is 5.92. The average Bonchev–Trinajstić information content (AvgIpc) is 2.60. The maximum Gasteiger partial charge on any atom is 0.0499 e. The van der Waals surface area contributed by atoms with E-state index < -0.39 is 0 Å². The Hall–Kier alpha value is -0.180. The van der Waals surface area contributed by atoms with Crippen LogP contribution in [0.25, 0.3) is 10.1 Å². The second-order valence-corrected chi connectivity index (χ2v) is 5.07. The second-order valence-electron chi connectivity index (χ2n) is 3.18. The van der Waals surface area contributed by atoms with Crippen LogP contribution in [0.3, 0.4) is 0 Å². The summed E-state index contributed by atoms with van der Waals surface area (Å²) in [6, 6.07) is 6.38. The summed E-state index contributed by atoms with van der Waals surface area (Å²) in [4.78, 5) is 2.40. The van der Waals surface area contributed by atoms with Gasteiger partial charge < -0.3 is 0 Å². The first-order valence-electron chi connectivity index (χ1n) is 4.55. The average molecular weight is 243 g/mol. The van der Waals surface area contributed by atoms with E-state index in [1.807, 2.05) is 17.4 Å². The van der Waals surface area contributed by atoms with Crippen molar-refractivity contribution in [3.05, 3.63) is 28.6 Å². The van der Waals surface area contributed by atoms with Crippen molar-refractivity contribution in [3.63, 3.8) is 0 Å². The summed E-state index contributed by atoms with van der Waals surface area (Å²) < 4.78 is 1.30. The van der Waals surface area contributed by atoms with Gasteiger partial charge in [-0.15, -0.1) is 35.6 Å². The summed E-state index contributed by atoms with van der Waals surface area (Å²) in [6.45, 7) is 2.17. The monoisotopic (exact) mass is 242 g/mol. The first kappa shape index (κ1) is 10.3. The highest BCUT2D eigenvalue weighted by molar-refractivity contribution is 7.80. The Morgan fingerprint density at radius 3 is 2.86 bits per heavy atom. The Kier molecular flexibility index (Phi) is 3.05. The predicted octanol–water partition coefficient (Wildman–Crippen LogP) is 4.49. The maximum atomic E-state index is 5.92. The first-order chi connectivity index (χ1) is 6.76. The number of rotatable bonds is 2. The Bertz CT molecular complexity index is 460. The lowest BCUT2D eigenvalue weighted by atomic mass is 10.2. The van der Waals surface area contributed by atoms with Gasteiger partial charge in [0.15, 0.2) is 0 Å². The lowest BCUT2D eigenvalue weighted by Gasteiger charge is -2.01. The summed E-state index contributed by atoms with van der Waals surface area (Å²) in [6.07, 6.45) is 1.09. The molecule has 1 aromatic heterocycles. The highest BCUT2D eigenvalue weighted by Crippen LogP contribution is 2.33. The van der Waals surface area contributed by atoms with Crippen molar-refractivity contribution in [2.75, 3.05) is 0 Å². The van der Waals surface area contributed by atoms with E-state index in [4.69, 9.17) is 11.6 Å².